The second-order valence-electron chi connectivity index (χ2n) is 16.5. The molecule has 5 rings (SSSR count). The van der Waals surface area contributed by atoms with Gasteiger partial charge < -0.3 is 43.8 Å². The first-order valence-electron chi connectivity index (χ1n) is 19.7. The number of hydrogen-bond donors (Lipinski definition) is 2. The third-order valence-electron chi connectivity index (χ3n) is 12.6. The number of alkyl halides is 1. The normalized spacial score (nSPS) is 32.8. The third-order valence-corrected chi connectivity index (χ3v) is 12.6. The van der Waals surface area contributed by atoms with Crippen molar-refractivity contribution < 1.29 is 77.0 Å². The number of amides is 1. The van der Waals surface area contributed by atoms with E-state index in [1.54, 1.807) is 27.7 Å². The largest absolute Gasteiger partial charge is 0.508 e. The zero-order valence-corrected chi connectivity index (χ0v) is 33.5. The molecule has 0 spiro atoms. The smallest absolute Gasteiger partial charge is 0.464 e. The molecule has 0 aromatic rings. The van der Waals surface area contributed by atoms with Crippen molar-refractivity contribution in [3.63, 3.8) is 0 Å². The van der Waals surface area contributed by atoms with Gasteiger partial charge in [0.1, 0.15) is 6.61 Å². The Kier molecular flexibility index (Phi) is 13.7. The van der Waals surface area contributed by atoms with Crippen LogP contribution in [0.25, 0.3) is 0 Å². The quantitative estimate of drug-likeness (QED) is 0.0770. The Balaban J connectivity index is 1.23. The van der Waals surface area contributed by atoms with Gasteiger partial charge in [-0.15, -0.1) is 20.2 Å². The standard InChI is InChI=1S/C38H52FN3O17/c1-34(2)58-30-19-26-25-12-11-23-18-24(43)13-14-35(23,3)37(25,39)28(44)20-36(26,4)38(30,59-34)29(45)22-55-33(48)54-21-27(32(47)53-15-8-9-17-57-42(51)52)40-31(46)10-6-5-7-16-56-41(49)50/h13-14,18,25-28,30,44H,5-12,15-17,19-22H2,1-4H3,(H,40,46)/t25-,26-,27?,28-,30+,35-,36-,37-,38+/m0/s1. The second kappa shape index (κ2) is 17.8. The Bertz CT molecular complexity index is 1740. The van der Waals surface area contributed by atoms with E-state index in [1.807, 2.05) is 0 Å². The van der Waals surface area contributed by atoms with Crippen molar-refractivity contribution in [3.8, 4) is 0 Å². The number of aliphatic hydroxyl groups excluding tert-OH is 1. The maximum atomic E-state index is 17.7. The molecule has 4 fully saturated rings. The molecule has 4 aliphatic carbocycles. The van der Waals surface area contributed by atoms with Gasteiger partial charge in [-0.1, -0.05) is 25.0 Å². The number of carbonyl (C=O) groups is 5. The predicted octanol–water partition coefficient (Wildman–Crippen LogP) is 3.36. The molecule has 1 heterocycles. The van der Waals surface area contributed by atoms with Crippen molar-refractivity contribution in [2.75, 3.05) is 33.0 Å². The van der Waals surface area contributed by atoms with E-state index >= 15 is 4.39 Å². The van der Waals surface area contributed by atoms with Crippen molar-refractivity contribution in [1.29, 1.82) is 0 Å². The van der Waals surface area contributed by atoms with Crippen LogP contribution in [-0.4, -0.2) is 113 Å². The number of nitrogens with one attached hydrogen (secondary N) is 1. The maximum Gasteiger partial charge on any atom is 0.508 e. The molecule has 0 aromatic carbocycles. The number of rotatable bonds is 20. The van der Waals surface area contributed by atoms with Gasteiger partial charge in [0.25, 0.3) is 10.2 Å². The Hall–Kier alpha value is -4.76. The van der Waals surface area contributed by atoms with Gasteiger partial charge in [-0.3, -0.25) is 14.4 Å². The second-order valence-corrected chi connectivity index (χ2v) is 16.5. The number of nitrogens with zero attached hydrogens (tertiary/aromatic N) is 2. The molecule has 0 aromatic heterocycles. The van der Waals surface area contributed by atoms with Crippen molar-refractivity contribution in [2.24, 2.45) is 22.7 Å². The summed E-state index contributed by atoms with van der Waals surface area (Å²) in [5, 5.41) is 33.0. The van der Waals surface area contributed by atoms with Gasteiger partial charge >= 0.3 is 12.1 Å². The Morgan fingerprint density at radius 3 is 2.31 bits per heavy atom. The van der Waals surface area contributed by atoms with Gasteiger partial charge in [0.2, 0.25) is 11.7 Å². The SMILES string of the molecule is CC1(C)O[C@@H]2C[C@H]3[C@@H]4CCC5=CC(=O)C=C[C@]5(C)[C@@]4(F)[C@@H](O)C[C@]3(C)[C@]2(C(=O)COC(=O)OCC(NC(=O)CCCCCO[N+](=O)[O-])C(=O)OCCCCO[N+](=O)[O-])O1. The van der Waals surface area contributed by atoms with Crippen molar-refractivity contribution in [1.82, 2.24) is 5.32 Å². The Labute approximate surface area is 338 Å². The van der Waals surface area contributed by atoms with Crippen LogP contribution in [0.1, 0.15) is 91.9 Å². The number of unbranched alkanes of at least 4 members (excludes halogenated alkanes) is 3. The lowest BCUT2D eigenvalue weighted by atomic mass is 9.44. The number of Topliss-reactive ketones (excluding diaryl/α,β-unsaturated/α-hetero) is 1. The summed E-state index contributed by atoms with van der Waals surface area (Å²) in [5.74, 6) is -5.16. The lowest BCUT2D eigenvalue weighted by Gasteiger charge is -2.62. The van der Waals surface area contributed by atoms with Crippen LogP contribution in [-0.2, 0) is 52.5 Å². The van der Waals surface area contributed by atoms with E-state index in [0.29, 0.717) is 31.3 Å². The van der Waals surface area contributed by atoms with Crippen LogP contribution < -0.4 is 5.32 Å². The van der Waals surface area contributed by atoms with Crippen LogP contribution >= 0.6 is 0 Å². The topological polar surface area (TPSA) is 268 Å². The average Bonchev–Trinajstić information content (AvgIpc) is 3.57. The molecule has 0 bridgehead atoms. The van der Waals surface area contributed by atoms with E-state index in [0.717, 1.165) is 0 Å². The number of ether oxygens (including phenoxy) is 5. The van der Waals surface area contributed by atoms with Gasteiger partial charge in [0, 0.05) is 23.2 Å². The van der Waals surface area contributed by atoms with E-state index in [2.05, 4.69) is 15.0 Å². The number of allylic oxidation sites excluding steroid dienone is 4. The third kappa shape index (κ3) is 9.06. The summed E-state index contributed by atoms with van der Waals surface area (Å²) in [6.45, 7) is 4.40. The van der Waals surface area contributed by atoms with E-state index in [1.165, 1.54) is 18.2 Å². The van der Waals surface area contributed by atoms with Gasteiger partial charge in [0.15, 0.2) is 35.5 Å². The monoisotopic (exact) mass is 841 g/mol. The van der Waals surface area contributed by atoms with E-state index in [-0.39, 0.29) is 64.1 Å². The molecule has 0 radical (unpaired) electrons. The first kappa shape index (κ1) is 45.3. The van der Waals surface area contributed by atoms with Gasteiger partial charge in [-0.05, 0) is 90.2 Å². The fraction of sp³-hybridized carbons (Fsp3) is 0.763. The molecule has 3 saturated carbocycles. The fourth-order valence-electron chi connectivity index (χ4n) is 9.99. The van der Waals surface area contributed by atoms with Crippen molar-refractivity contribution in [2.45, 2.75) is 127 Å². The molecule has 20 nitrogen and oxygen atoms in total. The van der Waals surface area contributed by atoms with E-state index < -0.39 is 105 Å². The lowest BCUT2D eigenvalue weighted by Crippen LogP contribution is -2.70. The van der Waals surface area contributed by atoms with E-state index in [9.17, 15) is 49.3 Å². The number of aliphatic hydroxyl groups is 1. The molecule has 1 unspecified atom stereocenters. The number of hydrogen-bond acceptors (Lipinski definition) is 17. The first-order chi connectivity index (χ1) is 27.7. The lowest BCUT2D eigenvalue weighted by molar-refractivity contribution is -0.757. The average molecular weight is 842 g/mol. The summed E-state index contributed by atoms with van der Waals surface area (Å²) in [5.41, 5.74) is -5.82. The minimum absolute atomic E-state index is 0.104. The van der Waals surface area contributed by atoms with Crippen LogP contribution in [0, 0.1) is 42.9 Å². The molecule has 21 heteroatoms. The summed E-state index contributed by atoms with van der Waals surface area (Å²) in [6, 6.07) is -1.53. The highest BCUT2D eigenvalue weighted by atomic mass is 19.1. The summed E-state index contributed by atoms with van der Waals surface area (Å²) in [4.78, 5) is 94.3. The van der Waals surface area contributed by atoms with Crippen LogP contribution in [0.3, 0.4) is 0 Å². The molecule has 59 heavy (non-hydrogen) atoms. The highest BCUT2D eigenvalue weighted by Crippen LogP contribution is 2.72. The minimum atomic E-state index is -2.18. The fourth-order valence-corrected chi connectivity index (χ4v) is 9.99. The number of fused-ring (bicyclic) bond motifs is 7. The van der Waals surface area contributed by atoms with Crippen LogP contribution in [0.4, 0.5) is 9.18 Å². The molecule has 1 saturated heterocycles. The molecule has 328 valence electrons. The highest BCUT2D eigenvalue weighted by molar-refractivity contribution is 6.01. The zero-order valence-electron chi connectivity index (χ0n) is 33.5. The number of ketones is 2. The first-order valence-corrected chi connectivity index (χ1v) is 19.7. The number of halogens is 1. The van der Waals surface area contributed by atoms with Gasteiger partial charge in [0.05, 0.1) is 32.0 Å². The molecule has 2 N–H and O–H groups in total. The highest BCUT2D eigenvalue weighted by Gasteiger charge is 2.80. The van der Waals surface area contributed by atoms with Gasteiger partial charge in [-0.2, -0.15) is 0 Å². The van der Waals surface area contributed by atoms with E-state index in [4.69, 9.17) is 23.7 Å². The number of carbonyl (C=O) groups excluding carboxylic acids is 5. The molecule has 1 aliphatic heterocycles. The maximum absolute atomic E-state index is 17.7. The van der Waals surface area contributed by atoms with Crippen LogP contribution in [0.2, 0.25) is 0 Å². The Morgan fingerprint density at radius 1 is 0.966 bits per heavy atom. The summed E-state index contributed by atoms with van der Waals surface area (Å²) >= 11 is 0. The molecule has 5 aliphatic rings. The molecular weight excluding hydrogens is 789 g/mol. The molecule has 1 amide bonds. The predicted molar refractivity (Wildman–Crippen MR) is 195 cm³/mol. The van der Waals surface area contributed by atoms with Crippen molar-refractivity contribution in [3.05, 3.63) is 44.0 Å². The van der Waals surface area contributed by atoms with Crippen molar-refractivity contribution >= 4 is 29.6 Å². The van der Waals surface area contributed by atoms with Crippen LogP contribution in [0.15, 0.2) is 23.8 Å². The Morgan fingerprint density at radius 2 is 1.63 bits per heavy atom. The summed E-state index contributed by atoms with van der Waals surface area (Å²) in [6.07, 6.45) is 2.31. The molecular formula is C38H52FN3O17. The van der Waals surface area contributed by atoms with Gasteiger partial charge in [-0.25, -0.2) is 14.0 Å². The molecule has 9 atom stereocenters. The minimum Gasteiger partial charge on any atom is -0.464 e. The van der Waals surface area contributed by atoms with Crippen LogP contribution in [0.5, 0.6) is 0 Å². The zero-order chi connectivity index (χ0) is 43.4. The summed E-state index contributed by atoms with van der Waals surface area (Å²) in [7, 11) is 0. The number of esters is 1. The summed E-state index contributed by atoms with van der Waals surface area (Å²) < 4.78 is 46.0.